The van der Waals surface area contributed by atoms with Crippen LogP contribution >= 0.6 is 0 Å². The summed E-state index contributed by atoms with van der Waals surface area (Å²) in [6.45, 7) is 10.8. The summed E-state index contributed by atoms with van der Waals surface area (Å²) < 4.78 is 0. The lowest BCUT2D eigenvalue weighted by Gasteiger charge is -2.32. The summed E-state index contributed by atoms with van der Waals surface area (Å²) in [6, 6.07) is 0.414. The average Bonchev–Trinajstić information content (AvgIpc) is 2.63. The first-order valence-corrected chi connectivity index (χ1v) is 5.87. The maximum absolute atomic E-state index is 11.6. The van der Waals surface area contributed by atoms with E-state index in [0.717, 1.165) is 19.5 Å². The summed E-state index contributed by atoms with van der Waals surface area (Å²) >= 11 is 0. The summed E-state index contributed by atoms with van der Waals surface area (Å²) in [5.74, 6) is 0.260. The molecule has 3 heteroatoms. The Morgan fingerprint density at radius 2 is 2.07 bits per heavy atom. The molecule has 0 saturated carbocycles. The molecule has 0 N–H and O–H groups in total. The Labute approximate surface area is 93.4 Å². The van der Waals surface area contributed by atoms with E-state index in [1.54, 1.807) is 0 Å². The van der Waals surface area contributed by atoms with Gasteiger partial charge in [-0.25, -0.2) is 0 Å². The molecule has 1 rings (SSSR count). The first-order chi connectivity index (χ1) is 6.86. The lowest BCUT2D eigenvalue weighted by atomic mass is 10.1. The zero-order valence-corrected chi connectivity index (χ0v) is 10.7. The Hall–Kier alpha value is -0.570. The van der Waals surface area contributed by atoms with E-state index >= 15 is 0 Å². The van der Waals surface area contributed by atoms with Crippen LogP contribution < -0.4 is 0 Å². The SMILES string of the molecule is CCC(=O)N(C)[C@H]1CCN(C(C)(C)C)C1. The summed E-state index contributed by atoms with van der Waals surface area (Å²) in [6.07, 6.45) is 1.72. The highest BCUT2D eigenvalue weighted by Gasteiger charge is 2.33. The highest BCUT2D eigenvalue weighted by Crippen LogP contribution is 2.23. The molecule has 0 aliphatic carbocycles. The third-order valence-corrected chi connectivity index (χ3v) is 3.36. The molecule has 1 heterocycles. The van der Waals surface area contributed by atoms with Crippen LogP contribution in [-0.2, 0) is 4.79 Å². The van der Waals surface area contributed by atoms with Crippen molar-refractivity contribution >= 4 is 5.91 Å². The zero-order valence-electron chi connectivity index (χ0n) is 10.7. The summed E-state index contributed by atoms with van der Waals surface area (Å²) in [5.41, 5.74) is 0.227. The van der Waals surface area contributed by atoms with E-state index in [1.807, 2.05) is 18.9 Å². The molecule has 0 bridgehead atoms. The van der Waals surface area contributed by atoms with Crippen LogP contribution in [0.5, 0.6) is 0 Å². The standard InChI is InChI=1S/C12H24N2O/c1-6-11(15)13(5)10-7-8-14(9-10)12(2,3)4/h10H,6-9H2,1-5H3/t10-/m0/s1. The van der Waals surface area contributed by atoms with Crippen LogP contribution in [0.2, 0.25) is 0 Å². The molecule has 0 spiro atoms. The van der Waals surface area contributed by atoms with Crippen molar-refractivity contribution in [1.29, 1.82) is 0 Å². The van der Waals surface area contributed by atoms with E-state index in [-0.39, 0.29) is 11.4 Å². The Morgan fingerprint density at radius 1 is 1.47 bits per heavy atom. The predicted molar refractivity (Wildman–Crippen MR) is 62.8 cm³/mol. The highest BCUT2D eigenvalue weighted by molar-refractivity contribution is 5.75. The first kappa shape index (κ1) is 12.5. The quantitative estimate of drug-likeness (QED) is 0.696. The van der Waals surface area contributed by atoms with Crippen molar-refractivity contribution < 1.29 is 4.79 Å². The molecule has 1 fully saturated rings. The van der Waals surface area contributed by atoms with Crippen molar-refractivity contribution in [3.63, 3.8) is 0 Å². The average molecular weight is 212 g/mol. The maximum atomic E-state index is 11.6. The summed E-state index contributed by atoms with van der Waals surface area (Å²) in [4.78, 5) is 15.9. The number of likely N-dealkylation sites (N-methyl/N-ethyl adjacent to an activating group) is 1. The van der Waals surface area contributed by atoms with Gasteiger partial charge in [0.05, 0.1) is 0 Å². The number of rotatable bonds is 2. The molecule has 15 heavy (non-hydrogen) atoms. The van der Waals surface area contributed by atoms with Crippen molar-refractivity contribution in [2.45, 2.75) is 52.1 Å². The van der Waals surface area contributed by atoms with Gasteiger partial charge in [-0.2, -0.15) is 0 Å². The smallest absolute Gasteiger partial charge is 0.222 e. The van der Waals surface area contributed by atoms with E-state index in [4.69, 9.17) is 0 Å². The fraction of sp³-hybridized carbons (Fsp3) is 0.917. The van der Waals surface area contributed by atoms with Gasteiger partial charge < -0.3 is 4.90 Å². The molecule has 3 nitrogen and oxygen atoms in total. The first-order valence-electron chi connectivity index (χ1n) is 5.87. The maximum Gasteiger partial charge on any atom is 0.222 e. The van der Waals surface area contributed by atoms with Crippen LogP contribution in [0.15, 0.2) is 0 Å². The molecule has 1 saturated heterocycles. The highest BCUT2D eigenvalue weighted by atomic mass is 16.2. The van der Waals surface area contributed by atoms with Gasteiger partial charge in [0.2, 0.25) is 5.91 Å². The largest absolute Gasteiger partial charge is 0.341 e. The monoisotopic (exact) mass is 212 g/mol. The minimum atomic E-state index is 0.227. The number of carbonyl (C=O) groups excluding carboxylic acids is 1. The fourth-order valence-corrected chi connectivity index (χ4v) is 2.12. The molecule has 88 valence electrons. The lowest BCUT2D eigenvalue weighted by Crippen LogP contribution is -2.43. The third-order valence-electron chi connectivity index (χ3n) is 3.36. The van der Waals surface area contributed by atoms with Crippen LogP contribution in [0.1, 0.15) is 40.5 Å². The van der Waals surface area contributed by atoms with E-state index < -0.39 is 0 Å². The molecular formula is C12H24N2O. The topological polar surface area (TPSA) is 23.6 Å². The van der Waals surface area contributed by atoms with Gasteiger partial charge in [0, 0.05) is 38.1 Å². The Balaban J connectivity index is 2.53. The van der Waals surface area contributed by atoms with E-state index in [2.05, 4.69) is 25.7 Å². The number of likely N-dealkylation sites (tertiary alicyclic amines) is 1. The minimum Gasteiger partial charge on any atom is -0.341 e. The number of amides is 1. The van der Waals surface area contributed by atoms with Crippen LogP contribution in [0.3, 0.4) is 0 Å². The molecule has 1 amide bonds. The predicted octanol–water partition coefficient (Wildman–Crippen LogP) is 1.73. The molecular weight excluding hydrogens is 188 g/mol. The van der Waals surface area contributed by atoms with Gasteiger partial charge in [-0.1, -0.05) is 6.92 Å². The van der Waals surface area contributed by atoms with E-state index in [0.29, 0.717) is 12.5 Å². The second kappa shape index (κ2) is 4.52. The molecule has 0 aromatic carbocycles. The molecule has 1 aliphatic rings. The van der Waals surface area contributed by atoms with Crippen LogP contribution in [-0.4, -0.2) is 47.4 Å². The lowest BCUT2D eigenvalue weighted by molar-refractivity contribution is -0.131. The van der Waals surface area contributed by atoms with E-state index in [9.17, 15) is 4.79 Å². The van der Waals surface area contributed by atoms with E-state index in [1.165, 1.54) is 0 Å². The molecule has 1 aliphatic heterocycles. The second-order valence-corrected chi connectivity index (χ2v) is 5.42. The molecule has 1 atom stereocenters. The van der Waals surface area contributed by atoms with Gasteiger partial charge >= 0.3 is 0 Å². The Morgan fingerprint density at radius 3 is 2.47 bits per heavy atom. The van der Waals surface area contributed by atoms with Crippen LogP contribution in [0.4, 0.5) is 0 Å². The molecule has 0 radical (unpaired) electrons. The van der Waals surface area contributed by atoms with Crippen molar-refractivity contribution in [2.75, 3.05) is 20.1 Å². The van der Waals surface area contributed by atoms with Gasteiger partial charge in [-0.3, -0.25) is 9.69 Å². The van der Waals surface area contributed by atoms with Gasteiger partial charge in [-0.15, -0.1) is 0 Å². The zero-order chi connectivity index (χ0) is 11.6. The number of carbonyl (C=O) groups is 1. The Bertz CT molecular complexity index is 232. The molecule has 0 unspecified atom stereocenters. The normalized spacial score (nSPS) is 23.1. The minimum absolute atomic E-state index is 0.227. The van der Waals surface area contributed by atoms with Crippen molar-refractivity contribution in [1.82, 2.24) is 9.80 Å². The fourth-order valence-electron chi connectivity index (χ4n) is 2.12. The third kappa shape index (κ3) is 2.94. The van der Waals surface area contributed by atoms with Gasteiger partial charge in [0.1, 0.15) is 0 Å². The van der Waals surface area contributed by atoms with Crippen molar-refractivity contribution in [2.24, 2.45) is 0 Å². The van der Waals surface area contributed by atoms with Crippen molar-refractivity contribution in [3.8, 4) is 0 Å². The van der Waals surface area contributed by atoms with Crippen LogP contribution in [0.25, 0.3) is 0 Å². The van der Waals surface area contributed by atoms with Crippen LogP contribution in [0, 0.1) is 0 Å². The Kier molecular flexibility index (Phi) is 3.77. The van der Waals surface area contributed by atoms with Gasteiger partial charge in [-0.05, 0) is 27.2 Å². The van der Waals surface area contributed by atoms with Gasteiger partial charge in [0.25, 0.3) is 0 Å². The number of nitrogens with zero attached hydrogens (tertiary/aromatic N) is 2. The number of hydrogen-bond donors (Lipinski definition) is 0. The van der Waals surface area contributed by atoms with Crippen molar-refractivity contribution in [3.05, 3.63) is 0 Å². The second-order valence-electron chi connectivity index (χ2n) is 5.42. The van der Waals surface area contributed by atoms with Gasteiger partial charge in [0.15, 0.2) is 0 Å². The molecule has 0 aromatic rings. The molecule has 0 aromatic heterocycles. The summed E-state index contributed by atoms with van der Waals surface area (Å²) in [7, 11) is 1.93. The number of hydrogen-bond acceptors (Lipinski definition) is 2. The summed E-state index contributed by atoms with van der Waals surface area (Å²) in [5, 5.41) is 0.